The molecule has 0 aromatic heterocycles. The molecule has 0 amide bonds. The molecule has 4 saturated heterocycles. The third-order valence-corrected chi connectivity index (χ3v) is 12.0. The summed E-state index contributed by atoms with van der Waals surface area (Å²) in [7, 11) is 1.35. The van der Waals surface area contributed by atoms with Crippen LogP contribution in [0.25, 0.3) is 0 Å². The third kappa shape index (κ3) is 20.2. The van der Waals surface area contributed by atoms with Crippen molar-refractivity contribution < 1.29 is 57.6 Å². The minimum atomic E-state index is -0.785. The number of rotatable bonds is 21. The lowest BCUT2D eigenvalue weighted by Gasteiger charge is -2.47. The fraction of sp³-hybridized carbons (Fsp3) is 0.750. The highest BCUT2D eigenvalue weighted by molar-refractivity contribution is 5.82. The molecular weight excluding hydrogens is 817 g/mol. The van der Waals surface area contributed by atoms with Gasteiger partial charge in [-0.3, -0.25) is 0 Å². The first-order valence-corrected chi connectivity index (χ1v) is 23.9. The Morgan fingerprint density at radius 2 is 0.875 bits per heavy atom. The number of aliphatic hydroxyl groups is 2. The van der Waals surface area contributed by atoms with Crippen molar-refractivity contribution in [2.45, 2.75) is 231 Å². The maximum atomic E-state index is 11.1. The maximum Gasteiger partial charge on any atom is 0.330 e. The number of hydrogen-bond donors (Lipinski definition) is 2. The minimum absolute atomic E-state index is 0.0133. The number of ether oxygens (including phenoxy) is 9. The molecule has 364 valence electrons. The van der Waals surface area contributed by atoms with Gasteiger partial charge in [-0.25, -0.2) is 4.79 Å². The molecule has 12 heteroatoms. The largest absolute Gasteiger partial charge is 0.466 e. The summed E-state index contributed by atoms with van der Waals surface area (Å²) in [6, 6.07) is 0. The molecule has 0 aromatic carbocycles. The summed E-state index contributed by atoms with van der Waals surface area (Å²) in [6.45, 7) is 21.9. The van der Waals surface area contributed by atoms with Crippen LogP contribution in [0.5, 0.6) is 0 Å². The Kier molecular flexibility index (Phi) is 21.2. The lowest BCUT2D eigenvalue weighted by molar-refractivity contribution is -0.339. The summed E-state index contributed by atoms with van der Waals surface area (Å²) in [4.78, 5) is 11.1. The zero-order valence-corrected chi connectivity index (χ0v) is 41.1. The molecule has 2 N–H and O–H groups in total. The van der Waals surface area contributed by atoms with Gasteiger partial charge >= 0.3 is 5.97 Å². The highest BCUT2D eigenvalue weighted by Gasteiger charge is 2.45. The molecule has 12 nitrogen and oxygen atoms in total. The Hall–Kier alpha value is -2.49. The van der Waals surface area contributed by atoms with E-state index in [1.54, 1.807) is 12.2 Å². The van der Waals surface area contributed by atoms with E-state index in [1.165, 1.54) is 13.2 Å². The van der Waals surface area contributed by atoms with Gasteiger partial charge in [-0.1, -0.05) is 87.6 Å². The molecule has 0 radical (unpaired) electrons. The van der Waals surface area contributed by atoms with Gasteiger partial charge in [-0.15, -0.1) is 0 Å². The van der Waals surface area contributed by atoms with E-state index in [4.69, 9.17) is 37.9 Å². The predicted octanol–water partition coefficient (Wildman–Crippen LogP) is 9.88. The second-order valence-corrected chi connectivity index (χ2v) is 20.4. The molecule has 4 fully saturated rings. The summed E-state index contributed by atoms with van der Waals surface area (Å²) in [5, 5.41) is 21.5. The third-order valence-electron chi connectivity index (χ3n) is 12.0. The molecule has 0 aliphatic carbocycles. The van der Waals surface area contributed by atoms with E-state index in [0.29, 0.717) is 38.5 Å². The second-order valence-electron chi connectivity index (χ2n) is 20.4. The van der Waals surface area contributed by atoms with Crippen LogP contribution in [0.4, 0.5) is 0 Å². The van der Waals surface area contributed by atoms with Crippen LogP contribution in [-0.2, 0) is 47.4 Å². The number of hydrogen-bond acceptors (Lipinski definition) is 12. The Bertz CT molecular complexity index is 1590. The molecular formula is C52H84O12. The Morgan fingerprint density at radius 1 is 0.531 bits per heavy atom. The van der Waals surface area contributed by atoms with Crippen LogP contribution < -0.4 is 0 Å². The van der Waals surface area contributed by atoms with Gasteiger partial charge in [0.15, 0.2) is 23.1 Å². The van der Waals surface area contributed by atoms with Crippen molar-refractivity contribution in [3.8, 4) is 0 Å². The predicted molar refractivity (Wildman–Crippen MR) is 249 cm³/mol. The molecule has 4 aliphatic rings. The molecule has 4 rings (SSSR count). The monoisotopic (exact) mass is 901 g/mol. The number of allylic oxidation sites excluding steroid dienone is 10. The first-order chi connectivity index (χ1) is 30.0. The van der Waals surface area contributed by atoms with Crippen LogP contribution in [0.1, 0.15) is 147 Å². The van der Waals surface area contributed by atoms with Gasteiger partial charge in [0, 0.05) is 51.0 Å². The van der Waals surface area contributed by atoms with Crippen molar-refractivity contribution in [3.63, 3.8) is 0 Å². The molecule has 64 heavy (non-hydrogen) atoms. The minimum Gasteiger partial charge on any atom is -0.466 e. The summed E-state index contributed by atoms with van der Waals surface area (Å²) >= 11 is 0. The summed E-state index contributed by atoms with van der Waals surface area (Å²) in [5.41, 5.74) is 0. The molecule has 11 atom stereocenters. The van der Waals surface area contributed by atoms with Gasteiger partial charge in [-0.2, -0.15) is 0 Å². The van der Waals surface area contributed by atoms with Gasteiger partial charge in [-0.05, 0) is 92.9 Å². The lowest BCUT2D eigenvalue weighted by Crippen LogP contribution is -2.52. The smallest absolute Gasteiger partial charge is 0.330 e. The van der Waals surface area contributed by atoms with Crippen LogP contribution in [-0.4, -0.2) is 107 Å². The van der Waals surface area contributed by atoms with Crippen molar-refractivity contribution in [2.24, 2.45) is 11.8 Å². The highest BCUT2D eigenvalue weighted by Crippen LogP contribution is 2.40. The SMILES string of the molecule is COC(=O)/C=C/C=C/C=C/C=C/C=C/C=C/C[C@H]1C[C@H](C[C@H]2C[C@@H](C[C@@H]3C[C@@H](C[C@@H]4C[C@H](C[C@@H](O)CC[C@H](C)[C@@H](O)C(C)C)OC(C)(C)O4)OC(C)(C)O3)OC(C)(C)O2)OC(C)(C)O1. The van der Waals surface area contributed by atoms with Crippen LogP contribution in [0.15, 0.2) is 72.9 Å². The molecule has 4 aliphatic heterocycles. The van der Waals surface area contributed by atoms with E-state index < -0.39 is 29.3 Å². The first-order valence-electron chi connectivity index (χ1n) is 23.9. The van der Waals surface area contributed by atoms with Gasteiger partial charge in [0.25, 0.3) is 0 Å². The molecule has 0 saturated carbocycles. The summed E-state index contributed by atoms with van der Waals surface area (Å²) in [6.07, 6.45) is 28.7. The fourth-order valence-electron chi connectivity index (χ4n) is 9.64. The van der Waals surface area contributed by atoms with E-state index >= 15 is 0 Å². The second kappa shape index (κ2) is 25.0. The fourth-order valence-corrected chi connectivity index (χ4v) is 9.64. The van der Waals surface area contributed by atoms with Gasteiger partial charge in [0.2, 0.25) is 0 Å². The molecule has 0 bridgehead atoms. The van der Waals surface area contributed by atoms with Crippen LogP contribution in [0, 0.1) is 11.8 Å². The van der Waals surface area contributed by atoms with E-state index in [-0.39, 0.29) is 72.7 Å². The standard InChI is InChI=1S/C52H84O12/c1-36(2)48(55)37(3)26-27-38(53)28-40-30-42(60-50(6,7)58-40)32-44-34-46(64-52(10,11)62-44)35-45-33-43(61-51(8,9)63-45)31-41-29-39(57-49(4,5)59-41)24-22-20-18-16-14-13-15-17-19-21-23-25-47(54)56-12/h13-23,25,36-46,48,53,55H,24,26-35H2,1-12H3/b14-13+,17-15+,18-16+,21-19+,22-20+,25-23+/t37-,38-,39-,40-,41+,42-,43-,44+,45-,46-,48-/m0/s1. The van der Waals surface area contributed by atoms with Crippen LogP contribution in [0.2, 0.25) is 0 Å². The summed E-state index contributed by atoms with van der Waals surface area (Å²) in [5.74, 6) is -3.11. The van der Waals surface area contributed by atoms with E-state index in [0.717, 1.165) is 32.1 Å². The maximum absolute atomic E-state index is 11.1. The molecule has 0 unspecified atom stereocenters. The number of aliphatic hydroxyl groups excluding tert-OH is 2. The topological polar surface area (TPSA) is 141 Å². The van der Waals surface area contributed by atoms with Gasteiger partial charge in [0.05, 0.1) is 68.1 Å². The number of carbonyl (C=O) groups excluding carboxylic acids is 1. The van der Waals surface area contributed by atoms with Crippen molar-refractivity contribution in [3.05, 3.63) is 72.9 Å². The van der Waals surface area contributed by atoms with Crippen molar-refractivity contribution in [1.29, 1.82) is 0 Å². The molecule has 0 spiro atoms. The average molecular weight is 901 g/mol. The first kappa shape index (κ1) is 54.1. The van der Waals surface area contributed by atoms with Crippen LogP contribution >= 0.6 is 0 Å². The van der Waals surface area contributed by atoms with Gasteiger partial charge in [0.1, 0.15) is 0 Å². The average Bonchev–Trinajstić information content (AvgIpc) is 3.15. The van der Waals surface area contributed by atoms with E-state index in [9.17, 15) is 15.0 Å². The number of methoxy groups -OCH3 is 1. The Labute approximate surface area is 385 Å². The Morgan fingerprint density at radius 3 is 1.28 bits per heavy atom. The number of carbonyl (C=O) groups is 1. The quantitative estimate of drug-likeness (QED) is 0.0644. The van der Waals surface area contributed by atoms with E-state index in [2.05, 4.69) is 17.7 Å². The lowest BCUT2D eigenvalue weighted by atomic mass is 9.89. The van der Waals surface area contributed by atoms with Crippen molar-refractivity contribution in [2.75, 3.05) is 7.11 Å². The normalized spacial score (nSPS) is 32.4. The Balaban J connectivity index is 1.27. The highest BCUT2D eigenvalue weighted by atomic mass is 16.7. The molecule has 4 heterocycles. The van der Waals surface area contributed by atoms with E-state index in [1.807, 2.05) is 118 Å². The zero-order chi connectivity index (χ0) is 47.1. The van der Waals surface area contributed by atoms with Crippen molar-refractivity contribution >= 4 is 5.97 Å². The molecule has 0 aromatic rings. The van der Waals surface area contributed by atoms with Gasteiger partial charge < -0.3 is 52.8 Å². The number of esters is 1. The zero-order valence-electron chi connectivity index (χ0n) is 41.1. The van der Waals surface area contributed by atoms with Crippen LogP contribution in [0.3, 0.4) is 0 Å². The van der Waals surface area contributed by atoms with Crippen molar-refractivity contribution in [1.82, 2.24) is 0 Å². The summed E-state index contributed by atoms with van der Waals surface area (Å²) < 4.78 is 56.3.